The molecule has 0 aromatic heterocycles. The molecular formula is C15H13ClFN3O3. The molecule has 0 radical (unpaired) electrons. The zero-order valence-corrected chi connectivity index (χ0v) is 12.6. The number of nitro benzene ring substituents is 1. The smallest absolute Gasteiger partial charge is 0.292 e. The van der Waals surface area contributed by atoms with Crippen LogP contribution in [0.4, 0.5) is 15.8 Å². The van der Waals surface area contributed by atoms with Crippen LogP contribution in [0.5, 0.6) is 0 Å². The van der Waals surface area contributed by atoms with Crippen molar-refractivity contribution in [1.82, 2.24) is 5.32 Å². The van der Waals surface area contributed by atoms with Crippen LogP contribution >= 0.6 is 11.6 Å². The molecule has 2 N–H and O–H groups in total. The Morgan fingerprint density at radius 1 is 1.22 bits per heavy atom. The minimum absolute atomic E-state index is 0.0558. The molecule has 0 aliphatic rings. The summed E-state index contributed by atoms with van der Waals surface area (Å²) in [7, 11) is 0. The quantitative estimate of drug-likeness (QED) is 0.481. The molecule has 0 aliphatic heterocycles. The van der Waals surface area contributed by atoms with Crippen molar-refractivity contribution in [3.8, 4) is 0 Å². The molecule has 0 saturated heterocycles. The summed E-state index contributed by atoms with van der Waals surface area (Å²) in [6.45, 7) is 0.412. The van der Waals surface area contributed by atoms with Crippen molar-refractivity contribution in [1.29, 1.82) is 0 Å². The van der Waals surface area contributed by atoms with Crippen LogP contribution in [0.3, 0.4) is 0 Å². The van der Waals surface area contributed by atoms with Crippen LogP contribution in [-0.2, 0) is 0 Å². The number of halogens is 2. The van der Waals surface area contributed by atoms with Gasteiger partial charge in [0.25, 0.3) is 11.6 Å². The molecule has 2 aromatic carbocycles. The number of hydrogen-bond donors (Lipinski definition) is 2. The fraction of sp³-hybridized carbons (Fsp3) is 0.133. The Hall–Kier alpha value is -2.67. The number of nitrogens with one attached hydrogen (secondary N) is 2. The van der Waals surface area contributed by atoms with Crippen LogP contribution in [0, 0.1) is 15.9 Å². The van der Waals surface area contributed by atoms with Crippen molar-refractivity contribution < 1.29 is 14.1 Å². The molecule has 2 aromatic rings. The third-order valence-corrected chi connectivity index (χ3v) is 3.23. The van der Waals surface area contributed by atoms with Crippen molar-refractivity contribution in [2.45, 2.75) is 0 Å². The van der Waals surface area contributed by atoms with E-state index in [1.165, 1.54) is 18.2 Å². The highest BCUT2D eigenvalue weighted by molar-refractivity contribution is 6.31. The van der Waals surface area contributed by atoms with Crippen molar-refractivity contribution in [3.63, 3.8) is 0 Å². The molecule has 6 nitrogen and oxygen atoms in total. The second kappa shape index (κ2) is 7.55. The molecular weight excluding hydrogens is 325 g/mol. The second-order valence-electron chi connectivity index (χ2n) is 4.58. The first-order valence-electron chi connectivity index (χ1n) is 6.69. The molecule has 120 valence electrons. The molecule has 0 fully saturated rings. The maximum atomic E-state index is 13.5. The predicted octanol–water partition coefficient (Wildman–Crippen LogP) is 3.23. The number of rotatable bonds is 6. The lowest BCUT2D eigenvalue weighted by atomic mass is 10.2. The molecule has 0 atom stereocenters. The van der Waals surface area contributed by atoms with Crippen molar-refractivity contribution in [3.05, 3.63) is 69.0 Å². The Morgan fingerprint density at radius 3 is 2.70 bits per heavy atom. The van der Waals surface area contributed by atoms with Gasteiger partial charge < -0.3 is 10.6 Å². The van der Waals surface area contributed by atoms with Gasteiger partial charge in [0.15, 0.2) is 0 Å². The first kappa shape index (κ1) is 16.7. The van der Waals surface area contributed by atoms with Gasteiger partial charge in [-0.15, -0.1) is 0 Å². The molecule has 0 heterocycles. The van der Waals surface area contributed by atoms with E-state index in [9.17, 15) is 19.3 Å². The van der Waals surface area contributed by atoms with E-state index in [0.29, 0.717) is 5.69 Å². The van der Waals surface area contributed by atoms with Crippen LogP contribution < -0.4 is 10.6 Å². The van der Waals surface area contributed by atoms with Gasteiger partial charge in [-0.3, -0.25) is 14.9 Å². The number of anilines is 1. The number of nitrogens with zero attached hydrogens (tertiary/aromatic N) is 1. The number of nitro groups is 1. The summed E-state index contributed by atoms with van der Waals surface area (Å²) < 4.78 is 13.5. The number of carbonyl (C=O) groups is 1. The van der Waals surface area contributed by atoms with Gasteiger partial charge in [-0.1, -0.05) is 23.7 Å². The van der Waals surface area contributed by atoms with Crippen LogP contribution in [0.1, 0.15) is 10.4 Å². The fourth-order valence-corrected chi connectivity index (χ4v) is 2.09. The molecule has 2 rings (SSSR count). The molecule has 1 amide bonds. The number of amides is 1. The zero-order valence-electron chi connectivity index (χ0n) is 11.9. The van der Waals surface area contributed by atoms with Gasteiger partial charge >= 0.3 is 0 Å². The minimum atomic E-state index is -0.668. The van der Waals surface area contributed by atoms with Gasteiger partial charge in [0.05, 0.1) is 10.5 Å². The standard InChI is InChI=1S/C15H13ClFN3O3/c16-10-5-6-12(17)11(9-10)15(21)19-8-7-18-13-3-1-2-4-14(13)20(22)23/h1-6,9,18H,7-8H2,(H,19,21). The first-order valence-corrected chi connectivity index (χ1v) is 7.07. The summed E-state index contributed by atoms with van der Waals surface area (Å²) in [6.07, 6.45) is 0. The van der Waals surface area contributed by atoms with E-state index in [0.717, 1.165) is 6.07 Å². The molecule has 0 bridgehead atoms. The van der Waals surface area contributed by atoms with E-state index in [2.05, 4.69) is 10.6 Å². The predicted molar refractivity (Wildman–Crippen MR) is 85.3 cm³/mol. The van der Waals surface area contributed by atoms with E-state index in [4.69, 9.17) is 11.6 Å². The van der Waals surface area contributed by atoms with Crippen LogP contribution in [0.25, 0.3) is 0 Å². The Balaban J connectivity index is 1.90. The first-order chi connectivity index (χ1) is 11.0. The fourth-order valence-electron chi connectivity index (χ4n) is 1.92. The van der Waals surface area contributed by atoms with Crippen LogP contribution in [0.15, 0.2) is 42.5 Å². The van der Waals surface area contributed by atoms with Crippen molar-refractivity contribution in [2.24, 2.45) is 0 Å². The number of carbonyl (C=O) groups excluding carboxylic acids is 1. The van der Waals surface area contributed by atoms with E-state index in [1.807, 2.05) is 0 Å². The third kappa shape index (κ3) is 4.40. The summed E-state index contributed by atoms with van der Waals surface area (Å²) in [5.41, 5.74) is 0.142. The maximum absolute atomic E-state index is 13.5. The molecule has 0 spiro atoms. The average molecular weight is 338 g/mol. The lowest BCUT2D eigenvalue weighted by molar-refractivity contribution is -0.384. The van der Waals surface area contributed by atoms with Gasteiger partial charge in [-0.2, -0.15) is 0 Å². The van der Waals surface area contributed by atoms with Gasteiger partial charge in [0.1, 0.15) is 11.5 Å². The molecule has 0 unspecified atom stereocenters. The summed E-state index contributed by atoms with van der Waals surface area (Å²) >= 11 is 5.73. The van der Waals surface area contributed by atoms with Gasteiger partial charge in [-0.25, -0.2) is 4.39 Å². The highest BCUT2D eigenvalue weighted by atomic mass is 35.5. The van der Waals surface area contributed by atoms with E-state index >= 15 is 0 Å². The SMILES string of the molecule is O=C(NCCNc1ccccc1[N+](=O)[O-])c1cc(Cl)ccc1F. The molecule has 23 heavy (non-hydrogen) atoms. The van der Waals surface area contributed by atoms with Crippen LogP contribution in [-0.4, -0.2) is 23.9 Å². The van der Waals surface area contributed by atoms with E-state index < -0.39 is 16.6 Å². The van der Waals surface area contributed by atoms with E-state index in [-0.39, 0.29) is 29.4 Å². The van der Waals surface area contributed by atoms with Gasteiger partial charge in [-0.05, 0) is 24.3 Å². The Labute approximate surface area is 136 Å². The third-order valence-electron chi connectivity index (χ3n) is 3.00. The van der Waals surface area contributed by atoms with Crippen molar-refractivity contribution in [2.75, 3.05) is 18.4 Å². The second-order valence-corrected chi connectivity index (χ2v) is 5.02. The number of para-hydroxylation sites is 2. The monoisotopic (exact) mass is 337 g/mol. The Bertz CT molecular complexity index is 740. The van der Waals surface area contributed by atoms with Crippen LogP contribution in [0.2, 0.25) is 5.02 Å². The summed E-state index contributed by atoms with van der Waals surface area (Å²) in [5.74, 6) is -1.27. The lowest BCUT2D eigenvalue weighted by Crippen LogP contribution is -2.29. The summed E-state index contributed by atoms with van der Waals surface area (Å²) in [6, 6.07) is 9.87. The normalized spacial score (nSPS) is 10.2. The zero-order chi connectivity index (χ0) is 16.8. The Kier molecular flexibility index (Phi) is 5.48. The Morgan fingerprint density at radius 2 is 1.96 bits per heavy atom. The van der Waals surface area contributed by atoms with Gasteiger partial charge in [0, 0.05) is 24.2 Å². The molecule has 0 saturated carbocycles. The maximum Gasteiger partial charge on any atom is 0.292 e. The average Bonchev–Trinajstić information content (AvgIpc) is 2.53. The summed E-state index contributed by atoms with van der Waals surface area (Å²) in [4.78, 5) is 22.2. The van der Waals surface area contributed by atoms with Crippen molar-refractivity contribution >= 4 is 28.9 Å². The summed E-state index contributed by atoms with van der Waals surface area (Å²) in [5, 5.41) is 16.5. The largest absolute Gasteiger partial charge is 0.378 e. The number of benzene rings is 2. The highest BCUT2D eigenvalue weighted by Crippen LogP contribution is 2.22. The molecule has 8 heteroatoms. The highest BCUT2D eigenvalue weighted by Gasteiger charge is 2.13. The lowest BCUT2D eigenvalue weighted by Gasteiger charge is -2.09. The topological polar surface area (TPSA) is 84.3 Å². The minimum Gasteiger partial charge on any atom is -0.378 e. The number of hydrogen-bond acceptors (Lipinski definition) is 4. The van der Waals surface area contributed by atoms with Gasteiger partial charge in [0.2, 0.25) is 0 Å². The van der Waals surface area contributed by atoms with E-state index in [1.54, 1.807) is 18.2 Å². The molecule has 0 aliphatic carbocycles.